The third-order valence-electron chi connectivity index (χ3n) is 4.95. The second-order valence-electron chi connectivity index (χ2n) is 6.53. The maximum atomic E-state index is 9.14. The van der Waals surface area contributed by atoms with E-state index >= 15 is 0 Å². The van der Waals surface area contributed by atoms with E-state index in [0.29, 0.717) is 13.1 Å². The minimum absolute atomic E-state index is 0.160. The topological polar surface area (TPSA) is 74.5 Å². The summed E-state index contributed by atoms with van der Waals surface area (Å²) >= 11 is 0. The first kappa shape index (κ1) is 16.5. The third kappa shape index (κ3) is 3.10. The van der Waals surface area contributed by atoms with Crippen LogP contribution in [-0.4, -0.2) is 41.2 Å². The van der Waals surface area contributed by atoms with Crippen LogP contribution in [-0.2, 0) is 13.1 Å². The zero-order valence-corrected chi connectivity index (χ0v) is 14.8. The number of nitriles is 1. The van der Waals surface area contributed by atoms with Crippen molar-refractivity contribution < 1.29 is 9.47 Å². The van der Waals surface area contributed by atoms with Crippen molar-refractivity contribution in [3.05, 3.63) is 41.9 Å². The van der Waals surface area contributed by atoms with Crippen molar-refractivity contribution in [2.45, 2.75) is 32.0 Å². The molecular formula is C19H21N5O2. The van der Waals surface area contributed by atoms with Crippen molar-refractivity contribution >= 4 is 5.82 Å². The first-order valence-electron chi connectivity index (χ1n) is 8.80. The Morgan fingerprint density at radius 1 is 1.12 bits per heavy atom. The summed E-state index contributed by atoms with van der Waals surface area (Å²) in [5, 5.41) is 9.14. The van der Waals surface area contributed by atoms with E-state index in [-0.39, 0.29) is 6.10 Å². The van der Waals surface area contributed by atoms with E-state index in [1.807, 2.05) is 24.3 Å². The van der Waals surface area contributed by atoms with Crippen LogP contribution in [0.25, 0.3) is 0 Å². The number of hydrogen-bond acceptors (Lipinski definition) is 7. The number of methoxy groups -OCH3 is 1. The molecule has 0 radical (unpaired) electrons. The summed E-state index contributed by atoms with van der Waals surface area (Å²) in [5.41, 5.74) is 2.04. The minimum atomic E-state index is 0.160. The summed E-state index contributed by atoms with van der Waals surface area (Å²) in [6, 6.07) is 7.75. The molecule has 2 aliphatic rings. The van der Waals surface area contributed by atoms with Gasteiger partial charge in [-0.1, -0.05) is 12.1 Å². The van der Waals surface area contributed by atoms with E-state index in [1.54, 1.807) is 18.3 Å². The number of aromatic nitrogens is 2. The Balaban J connectivity index is 1.42. The first-order chi connectivity index (χ1) is 12.8. The molecule has 1 aromatic heterocycles. The van der Waals surface area contributed by atoms with Crippen LogP contribution >= 0.6 is 0 Å². The SMILES string of the molecule is COc1ccccc1OC1CCN(c2ncnc3c2CN(C#N)C3)CC1. The monoisotopic (exact) mass is 351 g/mol. The summed E-state index contributed by atoms with van der Waals surface area (Å²) in [4.78, 5) is 12.8. The molecule has 0 saturated carbocycles. The molecule has 1 aromatic carbocycles. The Hall–Kier alpha value is -3.01. The van der Waals surface area contributed by atoms with E-state index in [0.717, 1.165) is 54.5 Å². The second-order valence-corrected chi connectivity index (χ2v) is 6.53. The fourth-order valence-corrected chi connectivity index (χ4v) is 3.59. The number of hydrogen-bond donors (Lipinski definition) is 0. The van der Waals surface area contributed by atoms with Crippen LogP contribution < -0.4 is 14.4 Å². The maximum Gasteiger partial charge on any atom is 0.180 e. The molecule has 1 saturated heterocycles. The number of ether oxygens (including phenoxy) is 2. The van der Waals surface area contributed by atoms with Gasteiger partial charge in [-0.3, -0.25) is 0 Å². The quantitative estimate of drug-likeness (QED) is 0.783. The van der Waals surface area contributed by atoms with Crippen LogP contribution in [0.15, 0.2) is 30.6 Å². The van der Waals surface area contributed by atoms with Gasteiger partial charge in [0.1, 0.15) is 18.2 Å². The van der Waals surface area contributed by atoms with E-state index in [2.05, 4.69) is 21.1 Å². The zero-order chi connectivity index (χ0) is 17.9. The molecule has 0 spiro atoms. The van der Waals surface area contributed by atoms with Crippen molar-refractivity contribution in [2.75, 3.05) is 25.1 Å². The Bertz CT molecular complexity index is 827. The van der Waals surface area contributed by atoms with Crippen LogP contribution in [0.3, 0.4) is 0 Å². The van der Waals surface area contributed by atoms with Crippen LogP contribution in [0.5, 0.6) is 11.5 Å². The molecule has 2 aromatic rings. The van der Waals surface area contributed by atoms with Gasteiger partial charge in [0, 0.05) is 31.5 Å². The van der Waals surface area contributed by atoms with Gasteiger partial charge in [-0.2, -0.15) is 5.26 Å². The van der Waals surface area contributed by atoms with Gasteiger partial charge in [0.2, 0.25) is 0 Å². The Kier molecular flexibility index (Phi) is 4.48. The standard InChI is InChI=1S/C19H21N5O2/c1-25-17-4-2-3-5-18(17)26-14-6-8-24(9-7-14)19-15-10-23(12-20)11-16(15)21-13-22-19/h2-5,13-14H,6-11H2,1H3. The van der Waals surface area contributed by atoms with Crippen molar-refractivity contribution in [1.82, 2.24) is 14.9 Å². The normalized spacial score (nSPS) is 16.9. The second kappa shape index (κ2) is 7.08. The number of fused-ring (bicyclic) bond motifs is 1. The molecule has 0 N–H and O–H groups in total. The van der Waals surface area contributed by atoms with Gasteiger partial charge in [0.25, 0.3) is 0 Å². The average molecular weight is 351 g/mol. The van der Waals surface area contributed by atoms with Gasteiger partial charge in [-0.15, -0.1) is 0 Å². The van der Waals surface area contributed by atoms with Crippen LogP contribution in [0.1, 0.15) is 24.1 Å². The Labute approximate surface area is 152 Å². The Morgan fingerprint density at radius 3 is 2.62 bits per heavy atom. The van der Waals surface area contributed by atoms with E-state index < -0.39 is 0 Å². The molecular weight excluding hydrogens is 330 g/mol. The smallest absolute Gasteiger partial charge is 0.180 e. The minimum Gasteiger partial charge on any atom is -0.493 e. The number of rotatable bonds is 4. The highest BCUT2D eigenvalue weighted by Gasteiger charge is 2.28. The number of nitrogens with zero attached hydrogens (tertiary/aromatic N) is 5. The lowest BCUT2D eigenvalue weighted by Crippen LogP contribution is -2.39. The molecule has 134 valence electrons. The number of piperidine rings is 1. The largest absolute Gasteiger partial charge is 0.493 e. The molecule has 4 rings (SSSR count). The van der Waals surface area contributed by atoms with Gasteiger partial charge < -0.3 is 19.3 Å². The van der Waals surface area contributed by atoms with Gasteiger partial charge in [-0.25, -0.2) is 9.97 Å². The predicted molar refractivity (Wildman–Crippen MR) is 95.7 cm³/mol. The molecule has 3 heterocycles. The van der Waals surface area contributed by atoms with Gasteiger partial charge in [0.15, 0.2) is 17.7 Å². The van der Waals surface area contributed by atoms with E-state index in [9.17, 15) is 0 Å². The fraction of sp³-hybridized carbons (Fsp3) is 0.421. The lowest BCUT2D eigenvalue weighted by molar-refractivity contribution is 0.164. The van der Waals surface area contributed by atoms with E-state index in [1.165, 1.54) is 0 Å². The molecule has 7 heteroatoms. The lowest BCUT2D eigenvalue weighted by atomic mass is 10.1. The number of anilines is 1. The third-order valence-corrected chi connectivity index (χ3v) is 4.95. The highest BCUT2D eigenvalue weighted by Crippen LogP contribution is 2.32. The average Bonchev–Trinajstić information content (AvgIpc) is 3.12. The van der Waals surface area contributed by atoms with E-state index in [4.69, 9.17) is 14.7 Å². The fourth-order valence-electron chi connectivity index (χ4n) is 3.59. The van der Waals surface area contributed by atoms with Crippen LogP contribution in [0.4, 0.5) is 5.82 Å². The molecule has 2 aliphatic heterocycles. The lowest BCUT2D eigenvalue weighted by Gasteiger charge is -2.33. The molecule has 0 unspecified atom stereocenters. The molecule has 1 fully saturated rings. The summed E-state index contributed by atoms with van der Waals surface area (Å²) < 4.78 is 11.5. The molecule has 7 nitrogen and oxygen atoms in total. The van der Waals surface area contributed by atoms with Crippen LogP contribution in [0.2, 0.25) is 0 Å². The zero-order valence-electron chi connectivity index (χ0n) is 14.8. The number of benzene rings is 1. The molecule has 0 atom stereocenters. The Morgan fingerprint density at radius 2 is 1.88 bits per heavy atom. The van der Waals surface area contributed by atoms with Crippen molar-refractivity contribution in [3.63, 3.8) is 0 Å². The predicted octanol–water partition coefficient (Wildman–Crippen LogP) is 2.33. The maximum absolute atomic E-state index is 9.14. The summed E-state index contributed by atoms with van der Waals surface area (Å²) in [6.07, 6.45) is 5.80. The van der Waals surface area contributed by atoms with Crippen molar-refractivity contribution in [1.29, 1.82) is 5.26 Å². The first-order valence-corrected chi connectivity index (χ1v) is 8.80. The molecule has 0 amide bonds. The van der Waals surface area contributed by atoms with Crippen molar-refractivity contribution in [2.24, 2.45) is 0 Å². The summed E-state index contributed by atoms with van der Waals surface area (Å²) in [6.45, 7) is 2.92. The highest BCUT2D eigenvalue weighted by atomic mass is 16.5. The molecule has 0 aliphatic carbocycles. The van der Waals surface area contributed by atoms with Crippen molar-refractivity contribution in [3.8, 4) is 17.7 Å². The summed E-state index contributed by atoms with van der Waals surface area (Å²) in [7, 11) is 1.66. The molecule has 0 bridgehead atoms. The molecule has 26 heavy (non-hydrogen) atoms. The van der Waals surface area contributed by atoms with Gasteiger partial charge >= 0.3 is 0 Å². The van der Waals surface area contributed by atoms with Gasteiger partial charge in [0.05, 0.1) is 25.9 Å². The van der Waals surface area contributed by atoms with Gasteiger partial charge in [-0.05, 0) is 12.1 Å². The highest BCUT2D eigenvalue weighted by molar-refractivity contribution is 5.50. The van der Waals surface area contributed by atoms with Crippen LogP contribution in [0, 0.1) is 11.5 Å². The number of para-hydroxylation sites is 2. The summed E-state index contributed by atoms with van der Waals surface area (Å²) in [5.74, 6) is 2.52.